The van der Waals surface area contributed by atoms with Crippen molar-refractivity contribution < 1.29 is 4.79 Å². The highest BCUT2D eigenvalue weighted by Gasteiger charge is 2.29. The number of amides is 1. The van der Waals surface area contributed by atoms with E-state index in [1.54, 1.807) is 0 Å². The molecule has 1 heterocycles. The molecule has 3 nitrogen and oxygen atoms in total. The summed E-state index contributed by atoms with van der Waals surface area (Å²) in [6.45, 7) is 10.5. The van der Waals surface area contributed by atoms with Crippen molar-refractivity contribution in [3.05, 3.63) is 0 Å². The molecule has 1 amide bonds. The summed E-state index contributed by atoms with van der Waals surface area (Å²) in [5, 5.41) is 0. The summed E-state index contributed by atoms with van der Waals surface area (Å²) >= 11 is 0. The topological polar surface area (TPSA) is 46.3 Å². The van der Waals surface area contributed by atoms with Crippen LogP contribution in [0.5, 0.6) is 0 Å². The van der Waals surface area contributed by atoms with Crippen LogP contribution >= 0.6 is 12.4 Å². The van der Waals surface area contributed by atoms with Crippen LogP contribution in [-0.2, 0) is 4.79 Å². The minimum absolute atomic E-state index is 0. The number of hydrogen-bond donors (Lipinski definition) is 1. The summed E-state index contributed by atoms with van der Waals surface area (Å²) < 4.78 is 0. The van der Waals surface area contributed by atoms with Gasteiger partial charge in [0.2, 0.25) is 5.91 Å². The number of halogens is 1. The molecule has 3 atom stereocenters. The number of carbonyl (C=O) groups is 1. The summed E-state index contributed by atoms with van der Waals surface area (Å²) in [6, 6.07) is -0.312. The maximum absolute atomic E-state index is 12.3. The Morgan fingerprint density at radius 2 is 2.00 bits per heavy atom. The first-order valence-electron chi connectivity index (χ1n) is 7.50. The molecule has 0 aliphatic carbocycles. The molecule has 0 bridgehead atoms. The zero-order valence-electron chi connectivity index (χ0n) is 12.9. The van der Waals surface area contributed by atoms with Gasteiger partial charge in [-0.1, -0.05) is 34.1 Å². The molecule has 3 unspecified atom stereocenters. The van der Waals surface area contributed by atoms with Crippen molar-refractivity contribution >= 4 is 18.3 Å². The predicted octanol–water partition coefficient (Wildman–Crippen LogP) is 3.07. The molecular formula is C15H31ClN2O. The molecule has 1 saturated heterocycles. The van der Waals surface area contributed by atoms with Gasteiger partial charge >= 0.3 is 0 Å². The largest absolute Gasteiger partial charge is 0.341 e. The molecule has 0 aromatic rings. The first kappa shape index (κ1) is 18.7. The molecule has 1 aliphatic heterocycles. The van der Waals surface area contributed by atoms with E-state index in [1.165, 1.54) is 12.8 Å². The molecule has 2 N–H and O–H groups in total. The molecule has 0 spiro atoms. The third-order valence-electron chi connectivity index (χ3n) is 4.18. The van der Waals surface area contributed by atoms with Gasteiger partial charge in [-0.15, -0.1) is 12.4 Å². The first-order valence-corrected chi connectivity index (χ1v) is 7.50. The molecule has 1 aliphatic rings. The summed E-state index contributed by atoms with van der Waals surface area (Å²) in [5.74, 6) is 1.83. The molecule has 0 saturated carbocycles. The second-order valence-corrected chi connectivity index (χ2v) is 6.33. The normalized spacial score (nSPS) is 22.8. The Morgan fingerprint density at radius 1 is 1.37 bits per heavy atom. The number of hydrogen-bond acceptors (Lipinski definition) is 2. The Balaban J connectivity index is 0.00000324. The number of nitrogens with zero attached hydrogens (tertiary/aromatic N) is 1. The van der Waals surface area contributed by atoms with Crippen LogP contribution in [-0.4, -0.2) is 29.9 Å². The van der Waals surface area contributed by atoms with Gasteiger partial charge in [-0.05, 0) is 37.0 Å². The van der Waals surface area contributed by atoms with Crippen molar-refractivity contribution in [3.8, 4) is 0 Å². The van der Waals surface area contributed by atoms with E-state index in [1.807, 2.05) is 4.90 Å². The monoisotopic (exact) mass is 290 g/mol. The zero-order valence-corrected chi connectivity index (χ0v) is 13.7. The van der Waals surface area contributed by atoms with E-state index >= 15 is 0 Å². The van der Waals surface area contributed by atoms with Crippen molar-refractivity contribution in [2.75, 3.05) is 13.1 Å². The number of nitrogens with two attached hydrogens (primary N) is 1. The second-order valence-electron chi connectivity index (χ2n) is 6.33. The van der Waals surface area contributed by atoms with E-state index in [2.05, 4.69) is 27.7 Å². The quantitative estimate of drug-likeness (QED) is 0.846. The van der Waals surface area contributed by atoms with Gasteiger partial charge in [0.05, 0.1) is 6.04 Å². The molecule has 1 fully saturated rings. The van der Waals surface area contributed by atoms with Crippen LogP contribution in [0.4, 0.5) is 0 Å². The fourth-order valence-corrected chi connectivity index (χ4v) is 2.83. The third kappa shape index (κ3) is 5.70. The molecule has 1 rings (SSSR count). The SMILES string of the molecule is CCC(C)C(N)C(=O)N1CCCC(CC(C)C)C1.Cl. The van der Waals surface area contributed by atoms with Crippen LogP contribution in [0.3, 0.4) is 0 Å². The van der Waals surface area contributed by atoms with E-state index < -0.39 is 0 Å². The minimum Gasteiger partial charge on any atom is -0.341 e. The number of piperidine rings is 1. The lowest BCUT2D eigenvalue weighted by molar-refractivity contribution is -0.135. The van der Waals surface area contributed by atoms with E-state index in [4.69, 9.17) is 5.73 Å². The zero-order chi connectivity index (χ0) is 13.7. The van der Waals surface area contributed by atoms with Gasteiger partial charge in [-0.25, -0.2) is 0 Å². The van der Waals surface area contributed by atoms with Crippen LogP contribution < -0.4 is 5.73 Å². The summed E-state index contributed by atoms with van der Waals surface area (Å²) in [7, 11) is 0. The third-order valence-corrected chi connectivity index (χ3v) is 4.18. The molecule has 0 aromatic carbocycles. The van der Waals surface area contributed by atoms with Crippen LogP contribution in [0.1, 0.15) is 53.4 Å². The Morgan fingerprint density at radius 3 is 2.53 bits per heavy atom. The molecule has 4 heteroatoms. The number of rotatable bonds is 5. The molecule has 19 heavy (non-hydrogen) atoms. The van der Waals surface area contributed by atoms with E-state index in [-0.39, 0.29) is 30.3 Å². The smallest absolute Gasteiger partial charge is 0.239 e. The summed E-state index contributed by atoms with van der Waals surface area (Å²) in [5.41, 5.74) is 6.06. The van der Waals surface area contributed by atoms with E-state index in [0.29, 0.717) is 11.8 Å². The van der Waals surface area contributed by atoms with Gasteiger partial charge in [0.25, 0.3) is 0 Å². The predicted molar refractivity (Wildman–Crippen MR) is 83.4 cm³/mol. The highest BCUT2D eigenvalue weighted by molar-refractivity contribution is 5.85. The Bertz CT molecular complexity index is 271. The Labute approximate surface area is 124 Å². The number of likely N-dealkylation sites (tertiary alicyclic amines) is 1. The maximum atomic E-state index is 12.3. The standard InChI is InChI=1S/C15H30N2O.ClH/c1-5-12(4)14(16)15(18)17-8-6-7-13(10-17)9-11(2)3;/h11-14H,5-10,16H2,1-4H3;1H. The van der Waals surface area contributed by atoms with Gasteiger partial charge in [-0.3, -0.25) is 4.79 Å². The van der Waals surface area contributed by atoms with Crippen LogP contribution in [0, 0.1) is 17.8 Å². The number of carbonyl (C=O) groups excluding carboxylic acids is 1. The fourth-order valence-electron chi connectivity index (χ4n) is 2.83. The molecular weight excluding hydrogens is 260 g/mol. The van der Waals surface area contributed by atoms with Crippen molar-refractivity contribution in [2.45, 2.75) is 59.4 Å². The van der Waals surface area contributed by atoms with Crippen molar-refractivity contribution in [3.63, 3.8) is 0 Å². The van der Waals surface area contributed by atoms with Crippen LogP contribution in [0.15, 0.2) is 0 Å². The molecule has 114 valence electrons. The van der Waals surface area contributed by atoms with Gasteiger partial charge in [0.1, 0.15) is 0 Å². The average molecular weight is 291 g/mol. The average Bonchev–Trinajstić information content (AvgIpc) is 2.35. The lowest BCUT2D eigenvalue weighted by atomic mass is 9.89. The minimum atomic E-state index is -0.312. The Hall–Kier alpha value is -0.280. The van der Waals surface area contributed by atoms with Crippen LogP contribution in [0.25, 0.3) is 0 Å². The molecule has 0 aromatic heterocycles. The van der Waals surface area contributed by atoms with Gasteiger partial charge in [0.15, 0.2) is 0 Å². The van der Waals surface area contributed by atoms with Gasteiger partial charge in [-0.2, -0.15) is 0 Å². The van der Waals surface area contributed by atoms with Crippen molar-refractivity contribution in [1.82, 2.24) is 4.90 Å². The van der Waals surface area contributed by atoms with Crippen LogP contribution in [0.2, 0.25) is 0 Å². The van der Waals surface area contributed by atoms with E-state index in [9.17, 15) is 4.79 Å². The fraction of sp³-hybridized carbons (Fsp3) is 0.933. The van der Waals surface area contributed by atoms with Crippen molar-refractivity contribution in [2.24, 2.45) is 23.5 Å². The van der Waals surface area contributed by atoms with Gasteiger partial charge < -0.3 is 10.6 Å². The highest BCUT2D eigenvalue weighted by atomic mass is 35.5. The second kappa shape index (κ2) is 8.80. The van der Waals surface area contributed by atoms with Crippen molar-refractivity contribution in [1.29, 1.82) is 0 Å². The maximum Gasteiger partial charge on any atom is 0.239 e. The lowest BCUT2D eigenvalue weighted by Crippen LogP contribution is -2.50. The summed E-state index contributed by atoms with van der Waals surface area (Å²) in [6.07, 6.45) is 4.59. The lowest BCUT2D eigenvalue weighted by Gasteiger charge is -2.36. The first-order chi connectivity index (χ1) is 8.45. The van der Waals surface area contributed by atoms with E-state index in [0.717, 1.165) is 25.9 Å². The summed E-state index contributed by atoms with van der Waals surface area (Å²) in [4.78, 5) is 14.3. The molecule has 0 radical (unpaired) electrons. The Kier molecular flexibility index (Phi) is 8.67. The van der Waals surface area contributed by atoms with Gasteiger partial charge in [0, 0.05) is 13.1 Å². The highest BCUT2D eigenvalue weighted by Crippen LogP contribution is 2.24.